The summed E-state index contributed by atoms with van der Waals surface area (Å²) < 4.78 is 7.57. The summed E-state index contributed by atoms with van der Waals surface area (Å²) in [6.45, 7) is 4.24. The Morgan fingerprint density at radius 3 is 3.00 bits per heavy atom. The van der Waals surface area contributed by atoms with Crippen molar-refractivity contribution < 1.29 is 4.74 Å². The Morgan fingerprint density at radius 1 is 1.47 bits per heavy atom. The van der Waals surface area contributed by atoms with Gasteiger partial charge in [0.1, 0.15) is 17.9 Å². The second kappa shape index (κ2) is 3.70. The molecular formula is C12H15N3O2. The lowest BCUT2D eigenvalue weighted by molar-refractivity contribution is 0.0415. The summed E-state index contributed by atoms with van der Waals surface area (Å²) in [6.07, 6.45) is 2.76. The molecule has 5 nitrogen and oxygen atoms in total. The Balaban J connectivity index is 2.12. The molecule has 0 radical (unpaired) electrons. The molecule has 90 valence electrons. The Bertz CT molecular complexity index is 601. The van der Waals surface area contributed by atoms with Gasteiger partial charge in [-0.25, -0.2) is 4.52 Å². The quantitative estimate of drug-likeness (QED) is 0.812. The van der Waals surface area contributed by atoms with Gasteiger partial charge in [0.05, 0.1) is 11.8 Å². The minimum atomic E-state index is -0.120. The van der Waals surface area contributed by atoms with Gasteiger partial charge in [0, 0.05) is 0 Å². The van der Waals surface area contributed by atoms with Crippen LogP contribution in [0.4, 0.5) is 0 Å². The molecule has 5 heteroatoms. The van der Waals surface area contributed by atoms with Crippen LogP contribution in [0.25, 0.3) is 5.52 Å². The number of hydrogen-bond donors (Lipinski definition) is 1. The van der Waals surface area contributed by atoms with Crippen LogP contribution in [-0.4, -0.2) is 20.7 Å². The summed E-state index contributed by atoms with van der Waals surface area (Å²) in [4.78, 5) is 14.2. The third-order valence-corrected chi connectivity index (χ3v) is 3.38. The van der Waals surface area contributed by atoms with Crippen LogP contribution in [0.2, 0.25) is 0 Å². The molecule has 0 aromatic carbocycles. The van der Waals surface area contributed by atoms with Gasteiger partial charge >= 0.3 is 0 Å². The van der Waals surface area contributed by atoms with Crippen molar-refractivity contribution in [2.45, 2.75) is 32.5 Å². The molecule has 1 aliphatic rings. The summed E-state index contributed by atoms with van der Waals surface area (Å²) in [6, 6.07) is 3.72. The van der Waals surface area contributed by atoms with Gasteiger partial charge in [-0.1, -0.05) is 6.92 Å². The number of H-pyrrole nitrogens is 1. The van der Waals surface area contributed by atoms with E-state index in [2.05, 4.69) is 23.9 Å². The van der Waals surface area contributed by atoms with Gasteiger partial charge in [0.15, 0.2) is 0 Å². The highest BCUT2D eigenvalue weighted by atomic mass is 16.5. The van der Waals surface area contributed by atoms with E-state index < -0.39 is 0 Å². The average molecular weight is 233 g/mol. The van der Waals surface area contributed by atoms with Gasteiger partial charge in [-0.15, -0.1) is 0 Å². The van der Waals surface area contributed by atoms with Gasteiger partial charge in [0.2, 0.25) is 0 Å². The average Bonchev–Trinajstić information content (AvgIpc) is 2.83. The fourth-order valence-corrected chi connectivity index (χ4v) is 2.63. The fourth-order valence-electron chi connectivity index (χ4n) is 2.63. The molecule has 1 N–H and O–H groups in total. The summed E-state index contributed by atoms with van der Waals surface area (Å²) in [7, 11) is 0. The second-order valence-corrected chi connectivity index (χ2v) is 4.75. The zero-order chi connectivity index (χ0) is 12.0. The number of aromatic amines is 1. The van der Waals surface area contributed by atoms with Gasteiger partial charge < -0.3 is 9.72 Å². The van der Waals surface area contributed by atoms with E-state index in [1.54, 1.807) is 10.6 Å². The van der Waals surface area contributed by atoms with Crippen molar-refractivity contribution in [1.82, 2.24) is 14.6 Å². The molecule has 1 saturated heterocycles. The molecule has 2 aromatic rings. The Hall–Kier alpha value is -1.62. The predicted octanol–water partition coefficient (Wildman–Crippen LogP) is 1.51. The number of rotatable bonds is 1. The first-order chi connectivity index (χ1) is 8.16. The lowest BCUT2D eigenvalue weighted by atomic mass is 10.00. The number of nitrogens with zero attached hydrogens (tertiary/aromatic N) is 2. The standard InChI is InChI=1S/C12H15N3O2/c1-7-5-8(2)17-11(7)9-3-4-10-12(16)13-6-14-15(9)10/h3-4,6-8,11H,5H2,1-2H3,(H,13,14,16). The van der Waals surface area contributed by atoms with E-state index >= 15 is 0 Å². The molecule has 2 aromatic heterocycles. The van der Waals surface area contributed by atoms with Crippen LogP contribution >= 0.6 is 0 Å². The Kier molecular flexibility index (Phi) is 2.29. The molecule has 3 rings (SSSR count). The largest absolute Gasteiger partial charge is 0.369 e. The zero-order valence-electron chi connectivity index (χ0n) is 9.88. The van der Waals surface area contributed by atoms with E-state index in [1.807, 2.05) is 6.07 Å². The van der Waals surface area contributed by atoms with E-state index in [-0.39, 0.29) is 17.8 Å². The van der Waals surface area contributed by atoms with Gasteiger partial charge in [-0.3, -0.25) is 4.79 Å². The van der Waals surface area contributed by atoms with E-state index in [0.29, 0.717) is 11.4 Å². The van der Waals surface area contributed by atoms with E-state index in [0.717, 1.165) is 12.1 Å². The molecule has 0 spiro atoms. The van der Waals surface area contributed by atoms with Crippen LogP contribution in [0.5, 0.6) is 0 Å². The van der Waals surface area contributed by atoms with Crippen molar-refractivity contribution in [3.8, 4) is 0 Å². The molecule has 0 amide bonds. The summed E-state index contributed by atoms with van der Waals surface area (Å²) in [5.74, 6) is 0.448. The van der Waals surface area contributed by atoms with Crippen molar-refractivity contribution in [3.05, 3.63) is 34.5 Å². The minimum absolute atomic E-state index is 0.0294. The molecule has 0 saturated carbocycles. The van der Waals surface area contributed by atoms with Crippen LogP contribution in [0, 0.1) is 5.92 Å². The van der Waals surface area contributed by atoms with Crippen LogP contribution in [0.1, 0.15) is 32.1 Å². The van der Waals surface area contributed by atoms with Crippen molar-refractivity contribution in [1.29, 1.82) is 0 Å². The van der Waals surface area contributed by atoms with Crippen molar-refractivity contribution >= 4 is 5.52 Å². The summed E-state index contributed by atoms with van der Waals surface area (Å²) in [5, 5.41) is 4.19. The SMILES string of the molecule is CC1CC(C)C(c2ccc3c(=O)[nH]cnn23)O1. The normalized spacial score (nSPS) is 28.9. The number of aromatic nitrogens is 3. The fraction of sp³-hybridized carbons (Fsp3) is 0.500. The summed E-state index contributed by atoms with van der Waals surface area (Å²) in [5.41, 5.74) is 1.41. The number of ether oxygens (including phenoxy) is 1. The zero-order valence-corrected chi connectivity index (χ0v) is 9.88. The van der Waals surface area contributed by atoms with Gasteiger partial charge in [-0.05, 0) is 31.4 Å². The highest BCUT2D eigenvalue weighted by molar-refractivity contribution is 5.46. The third-order valence-electron chi connectivity index (χ3n) is 3.38. The molecule has 0 bridgehead atoms. The highest BCUT2D eigenvalue weighted by Gasteiger charge is 2.32. The maximum absolute atomic E-state index is 11.6. The van der Waals surface area contributed by atoms with Gasteiger partial charge in [0.25, 0.3) is 5.56 Å². The first-order valence-electron chi connectivity index (χ1n) is 5.87. The molecule has 3 unspecified atom stereocenters. The first-order valence-corrected chi connectivity index (χ1v) is 5.87. The van der Waals surface area contributed by atoms with Crippen LogP contribution in [-0.2, 0) is 4.74 Å². The predicted molar refractivity (Wildman–Crippen MR) is 62.9 cm³/mol. The summed E-state index contributed by atoms with van der Waals surface area (Å²) >= 11 is 0. The van der Waals surface area contributed by atoms with Crippen molar-refractivity contribution in [2.24, 2.45) is 5.92 Å². The first kappa shape index (κ1) is 10.5. The molecule has 3 atom stereocenters. The monoisotopic (exact) mass is 233 g/mol. The van der Waals surface area contributed by atoms with Crippen LogP contribution in [0.15, 0.2) is 23.3 Å². The van der Waals surface area contributed by atoms with E-state index in [4.69, 9.17) is 4.74 Å². The molecule has 0 aliphatic carbocycles. The number of fused-ring (bicyclic) bond motifs is 1. The van der Waals surface area contributed by atoms with E-state index in [9.17, 15) is 4.79 Å². The molecule has 3 heterocycles. The van der Waals surface area contributed by atoms with Crippen LogP contribution in [0.3, 0.4) is 0 Å². The lowest BCUT2D eigenvalue weighted by Gasteiger charge is -2.14. The minimum Gasteiger partial charge on any atom is -0.369 e. The van der Waals surface area contributed by atoms with Crippen molar-refractivity contribution in [3.63, 3.8) is 0 Å². The Labute approximate surface area is 98.4 Å². The van der Waals surface area contributed by atoms with Gasteiger partial charge in [-0.2, -0.15) is 5.10 Å². The molecule has 1 aliphatic heterocycles. The van der Waals surface area contributed by atoms with Crippen molar-refractivity contribution in [2.75, 3.05) is 0 Å². The highest BCUT2D eigenvalue weighted by Crippen LogP contribution is 2.37. The maximum atomic E-state index is 11.6. The molecular weight excluding hydrogens is 218 g/mol. The second-order valence-electron chi connectivity index (χ2n) is 4.75. The topological polar surface area (TPSA) is 59.4 Å². The molecule has 17 heavy (non-hydrogen) atoms. The van der Waals surface area contributed by atoms with E-state index in [1.165, 1.54) is 6.33 Å². The maximum Gasteiger partial charge on any atom is 0.275 e. The lowest BCUT2D eigenvalue weighted by Crippen LogP contribution is -2.14. The van der Waals surface area contributed by atoms with Crippen LogP contribution < -0.4 is 5.56 Å². The molecule has 1 fully saturated rings. The number of hydrogen-bond acceptors (Lipinski definition) is 3. The number of nitrogens with one attached hydrogen (secondary N) is 1. The third kappa shape index (κ3) is 1.58. The smallest absolute Gasteiger partial charge is 0.275 e. The Morgan fingerprint density at radius 2 is 2.29 bits per heavy atom.